The van der Waals surface area contributed by atoms with Crippen LogP contribution in [0.3, 0.4) is 0 Å². The molecule has 0 saturated carbocycles. The van der Waals surface area contributed by atoms with E-state index in [1.54, 1.807) is 0 Å². The molecule has 0 aliphatic heterocycles. The Labute approximate surface area is 75.8 Å². The second kappa shape index (κ2) is 4.12. The van der Waals surface area contributed by atoms with Crippen molar-refractivity contribution >= 4 is 17.6 Å². The third-order valence-electron chi connectivity index (χ3n) is 1.69. The van der Waals surface area contributed by atoms with Gasteiger partial charge in [0.25, 0.3) is 0 Å². The highest BCUT2D eigenvalue weighted by Gasteiger charge is 2.14. The summed E-state index contributed by atoms with van der Waals surface area (Å²) in [4.78, 5) is 10.4. The van der Waals surface area contributed by atoms with Gasteiger partial charge in [-0.2, -0.15) is 0 Å². The molecule has 0 saturated heterocycles. The Morgan fingerprint density at radius 3 is 3.00 bits per heavy atom. The van der Waals surface area contributed by atoms with Gasteiger partial charge in [-0.15, -0.1) is 0 Å². The molecule has 1 aliphatic rings. The first-order chi connectivity index (χ1) is 5.74. The van der Waals surface area contributed by atoms with Crippen molar-refractivity contribution in [3.8, 4) is 0 Å². The lowest BCUT2D eigenvalue weighted by molar-refractivity contribution is -0.137. The lowest BCUT2D eigenvalue weighted by atomic mass is 9.93. The summed E-state index contributed by atoms with van der Waals surface area (Å²) in [5.74, 6) is -0.888. The molecule has 1 N–H and O–H groups in total. The van der Waals surface area contributed by atoms with Crippen LogP contribution in [0.15, 0.2) is 35.4 Å². The van der Waals surface area contributed by atoms with Crippen LogP contribution in [0.5, 0.6) is 0 Å². The van der Waals surface area contributed by atoms with E-state index in [2.05, 4.69) is 0 Å². The van der Waals surface area contributed by atoms with Crippen LogP contribution in [0.4, 0.5) is 0 Å². The Kier molecular flexibility index (Phi) is 3.11. The quantitative estimate of drug-likeness (QED) is 0.715. The Morgan fingerprint density at radius 1 is 1.67 bits per heavy atom. The lowest BCUT2D eigenvalue weighted by Gasteiger charge is -2.12. The van der Waals surface area contributed by atoms with E-state index in [9.17, 15) is 4.79 Å². The minimum absolute atomic E-state index is 0.0787. The number of aliphatic carboxylic acids is 1. The second-order valence-corrected chi connectivity index (χ2v) is 2.78. The van der Waals surface area contributed by atoms with Gasteiger partial charge in [-0.1, -0.05) is 35.9 Å². The first-order valence-corrected chi connectivity index (χ1v) is 4.04. The summed E-state index contributed by atoms with van der Waals surface area (Å²) in [6, 6.07) is 0. The third kappa shape index (κ3) is 2.24. The molecule has 0 aromatic carbocycles. The average Bonchev–Trinajstić information content (AvgIpc) is 2.04. The predicted molar refractivity (Wildman–Crippen MR) is 48.0 cm³/mol. The number of carboxylic acid groups (broad SMARTS) is 1. The van der Waals surface area contributed by atoms with Gasteiger partial charge in [0.1, 0.15) is 0 Å². The van der Waals surface area contributed by atoms with Crippen LogP contribution in [-0.2, 0) is 4.79 Å². The Bertz CT molecular complexity index is 264. The Morgan fingerprint density at radius 2 is 2.42 bits per heavy atom. The minimum Gasteiger partial charge on any atom is -0.481 e. The molecule has 0 aromatic heterocycles. The third-order valence-corrected chi connectivity index (χ3v) is 1.94. The molecule has 0 spiro atoms. The minimum atomic E-state index is -0.809. The smallest absolute Gasteiger partial charge is 0.304 e. The van der Waals surface area contributed by atoms with E-state index < -0.39 is 5.97 Å². The molecular formula is C9H9ClO2. The van der Waals surface area contributed by atoms with Gasteiger partial charge in [0.05, 0.1) is 6.42 Å². The van der Waals surface area contributed by atoms with Crippen molar-refractivity contribution in [1.82, 2.24) is 0 Å². The first-order valence-electron chi connectivity index (χ1n) is 3.61. The fourth-order valence-electron chi connectivity index (χ4n) is 1.09. The van der Waals surface area contributed by atoms with Crippen LogP contribution in [0.2, 0.25) is 0 Å². The normalized spacial score (nSPS) is 24.8. The van der Waals surface area contributed by atoms with Crippen LogP contribution < -0.4 is 0 Å². The van der Waals surface area contributed by atoms with Gasteiger partial charge in [-0.3, -0.25) is 4.79 Å². The zero-order valence-electron chi connectivity index (χ0n) is 6.40. The maximum Gasteiger partial charge on any atom is 0.304 e. The molecule has 2 nitrogen and oxygen atoms in total. The van der Waals surface area contributed by atoms with Crippen molar-refractivity contribution in [2.24, 2.45) is 5.92 Å². The maximum atomic E-state index is 10.4. The van der Waals surface area contributed by atoms with Crippen molar-refractivity contribution < 1.29 is 9.90 Å². The molecule has 0 bridgehead atoms. The summed E-state index contributed by atoms with van der Waals surface area (Å²) in [5, 5.41) is 8.55. The SMILES string of the molecule is O=C(O)CC1C=CC=CC1=CCl. The molecule has 0 amide bonds. The van der Waals surface area contributed by atoms with Gasteiger partial charge in [0.15, 0.2) is 0 Å². The highest BCUT2D eigenvalue weighted by molar-refractivity contribution is 6.25. The number of halogens is 1. The van der Waals surface area contributed by atoms with Gasteiger partial charge in [0.2, 0.25) is 0 Å². The molecular weight excluding hydrogens is 176 g/mol. The standard InChI is InChI=1S/C9H9ClO2/c10-6-8-4-2-1-3-7(8)5-9(11)12/h1-4,6-7H,5H2,(H,11,12). The van der Waals surface area contributed by atoms with E-state index in [1.165, 1.54) is 5.54 Å². The number of allylic oxidation sites excluding steroid dienone is 5. The van der Waals surface area contributed by atoms with Crippen LogP contribution in [-0.4, -0.2) is 11.1 Å². The fraction of sp³-hybridized carbons (Fsp3) is 0.222. The predicted octanol–water partition coefficient (Wildman–Crippen LogP) is 2.33. The van der Waals surface area contributed by atoms with E-state index in [0.29, 0.717) is 0 Å². The molecule has 0 fully saturated rings. The number of carboxylic acids is 1. The molecule has 1 aliphatic carbocycles. The molecule has 3 heteroatoms. The van der Waals surface area contributed by atoms with Crippen molar-refractivity contribution in [3.05, 3.63) is 35.4 Å². The summed E-state index contributed by atoms with van der Waals surface area (Å²) in [6.07, 6.45) is 7.42. The van der Waals surface area contributed by atoms with E-state index in [1.807, 2.05) is 24.3 Å². The largest absolute Gasteiger partial charge is 0.481 e. The summed E-state index contributed by atoms with van der Waals surface area (Å²) in [6.45, 7) is 0. The average molecular weight is 185 g/mol. The van der Waals surface area contributed by atoms with Crippen LogP contribution in [0.1, 0.15) is 6.42 Å². The number of carbonyl (C=O) groups is 1. The first kappa shape index (κ1) is 9.07. The van der Waals surface area contributed by atoms with Gasteiger partial charge in [-0.05, 0) is 5.57 Å². The van der Waals surface area contributed by atoms with Gasteiger partial charge in [0, 0.05) is 11.5 Å². The highest BCUT2D eigenvalue weighted by Crippen LogP contribution is 2.22. The van der Waals surface area contributed by atoms with E-state index in [-0.39, 0.29) is 12.3 Å². The van der Waals surface area contributed by atoms with Crippen LogP contribution in [0, 0.1) is 5.92 Å². The molecule has 12 heavy (non-hydrogen) atoms. The topological polar surface area (TPSA) is 37.3 Å². The van der Waals surface area contributed by atoms with Crippen LogP contribution in [0.25, 0.3) is 0 Å². The summed E-state index contributed by atoms with van der Waals surface area (Å²) < 4.78 is 0. The molecule has 0 heterocycles. The Balaban J connectivity index is 2.70. The summed E-state index contributed by atoms with van der Waals surface area (Å²) in [7, 11) is 0. The maximum absolute atomic E-state index is 10.4. The molecule has 64 valence electrons. The zero-order valence-corrected chi connectivity index (χ0v) is 7.16. The number of rotatable bonds is 2. The van der Waals surface area contributed by atoms with E-state index in [4.69, 9.17) is 16.7 Å². The summed E-state index contributed by atoms with van der Waals surface area (Å²) >= 11 is 5.52. The summed E-state index contributed by atoms with van der Waals surface area (Å²) in [5.41, 5.74) is 2.27. The Hall–Kier alpha value is -1.02. The van der Waals surface area contributed by atoms with Gasteiger partial charge < -0.3 is 5.11 Å². The van der Waals surface area contributed by atoms with Crippen molar-refractivity contribution in [2.45, 2.75) is 6.42 Å². The molecule has 1 atom stereocenters. The van der Waals surface area contributed by atoms with Crippen LogP contribution >= 0.6 is 11.6 Å². The highest BCUT2D eigenvalue weighted by atomic mass is 35.5. The van der Waals surface area contributed by atoms with Gasteiger partial charge >= 0.3 is 5.97 Å². The molecule has 0 aromatic rings. The second-order valence-electron chi connectivity index (χ2n) is 2.56. The fourth-order valence-corrected chi connectivity index (χ4v) is 1.33. The molecule has 1 unspecified atom stereocenters. The van der Waals surface area contributed by atoms with E-state index in [0.717, 1.165) is 5.57 Å². The monoisotopic (exact) mass is 184 g/mol. The van der Waals surface area contributed by atoms with Crippen molar-refractivity contribution in [3.63, 3.8) is 0 Å². The molecule has 0 radical (unpaired) electrons. The number of hydrogen-bond acceptors (Lipinski definition) is 1. The number of hydrogen-bond donors (Lipinski definition) is 1. The zero-order chi connectivity index (χ0) is 8.97. The van der Waals surface area contributed by atoms with E-state index >= 15 is 0 Å². The molecule has 1 rings (SSSR count). The van der Waals surface area contributed by atoms with Crippen molar-refractivity contribution in [1.29, 1.82) is 0 Å². The van der Waals surface area contributed by atoms with Gasteiger partial charge in [-0.25, -0.2) is 0 Å². The lowest BCUT2D eigenvalue weighted by Crippen LogP contribution is -2.08. The van der Waals surface area contributed by atoms with Crippen molar-refractivity contribution in [2.75, 3.05) is 0 Å².